The Kier molecular flexibility index (Phi) is 5.56. The van der Waals surface area contributed by atoms with Gasteiger partial charge in [-0.05, 0) is 28.1 Å². The van der Waals surface area contributed by atoms with Crippen LogP contribution < -0.4 is 10.1 Å². The van der Waals surface area contributed by atoms with Crippen LogP contribution in [-0.2, 0) is 6.54 Å². The largest absolute Gasteiger partial charge is 0.486 e. The van der Waals surface area contributed by atoms with Gasteiger partial charge in [0.1, 0.15) is 12.4 Å². The average molecular weight is 384 g/mol. The molecule has 1 N–H and O–H groups in total. The second-order valence-corrected chi connectivity index (χ2v) is 6.24. The second-order valence-electron chi connectivity index (χ2n) is 3.75. The van der Waals surface area contributed by atoms with E-state index in [1.54, 1.807) is 18.3 Å². The van der Waals surface area contributed by atoms with Gasteiger partial charge in [-0.2, -0.15) is 0 Å². The highest BCUT2D eigenvalue weighted by Crippen LogP contribution is 2.33. The number of nitrogens with zero attached hydrogens (tertiary/aromatic N) is 1. The van der Waals surface area contributed by atoms with E-state index < -0.39 is 13.0 Å². The zero-order valence-corrected chi connectivity index (χ0v) is 13.2. The van der Waals surface area contributed by atoms with Crippen LogP contribution in [0.5, 0.6) is 5.75 Å². The van der Waals surface area contributed by atoms with Gasteiger partial charge in [0.15, 0.2) is 4.47 Å². The van der Waals surface area contributed by atoms with E-state index in [1.807, 2.05) is 6.07 Å². The van der Waals surface area contributed by atoms with Crippen molar-refractivity contribution in [3.8, 4) is 5.75 Å². The number of hydrogen-bond acceptors (Lipinski definition) is 4. The summed E-state index contributed by atoms with van der Waals surface area (Å²) in [5.74, 6) is 0.373. The second kappa shape index (κ2) is 7.19. The van der Waals surface area contributed by atoms with Crippen LogP contribution in [0.15, 0.2) is 28.9 Å². The van der Waals surface area contributed by atoms with Crippen LogP contribution in [-0.4, -0.2) is 18.0 Å². The average Bonchev–Trinajstić information content (AvgIpc) is 2.82. The number of thiazole rings is 1. The molecule has 0 radical (unpaired) electrons. The maximum Gasteiger partial charge on any atom is 0.272 e. The van der Waals surface area contributed by atoms with Crippen molar-refractivity contribution < 1.29 is 13.5 Å². The molecule has 1 aromatic carbocycles. The third-order valence-corrected chi connectivity index (χ3v) is 4.24. The zero-order chi connectivity index (χ0) is 14.5. The monoisotopic (exact) mass is 382 g/mol. The predicted octanol–water partition coefficient (Wildman–Crippen LogP) is 4.82. The first-order valence-corrected chi connectivity index (χ1v) is 7.58. The van der Waals surface area contributed by atoms with Crippen molar-refractivity contribution in [2.45, 2.75) is 13.0 Å². The van der Waals surface area contributed by atoms with Crippen molar-refractivity contribution in [2.75, 3.05) is 11.9 Å². The van der Waals surface area contributed by atoms with Crippen molar-refractivity contribution in [1.82, 2.24) is 4.98 Å². The molecular weight excluding hydrogens is 374 g/mol. The summed E-state index contributed by atoms with van der Waals surface area (Å²) in [7, 11) is 0. The Bertz CT molecular complexity index is 582. The summed E-state index contributed by atoms with van der Waals surface area (Å²) in [6.45, 7) is -0.0895. The lowest BCUT2D eigenvalue weighted by Crippen LogP contribution is -2.08. The summed E-state index contributed by atoms with van der Waals surface area (Å²) in [6, 6.07) is 5.18. The molecule has 0 atom stereocenters. The minimum Gasteiger partial charge on any atom is -0.486 e. The molecule has 1 heterocycles. The fraction of sp³-hybridized carbons (Fsp3) is 0.250. The third kappa shape index (κ3) is 4.29. The Morgan fingerprint density at radius 3 is 2.90 bits per heavy atom. The van der Waals surface area contributed by atoms with Gasteiger partial charge in [-0.25, -0.2) is 13.8 Å². The first kappa shape index (κ1) is 15.5. The van der Waals surface area contributed by atoms with E-state index in [0.29, 0.717) is 21.2 Å². The van der Waals surface area contributed by atoms with E-state index in [1.165, 1.54) is 11.3 Å². The number of ether oxygens (including phenoxy) is 1. The molecule has 0 aliphatic heterocycles. The van der Waals surface area contributed by atoms with Crippen LogP contribution in [0.25, 0.3) is 0 Å². The number of anilines is 1. The van der Waals surface area contributed by atoms with Gasteiger partial charge < -0.3 is 10.1 Å². The van der Waals surface area contributed by atoms with Crippen molar-refractivity contribution in [2.24, 2.45) is 0 Å². The SMILES string of the molecule is FC(F)COc1cccc(NCc2cnc(Cl)s2)c1Br. The predicted molar refractivity (Wildman–Crippen MR) is 80.1 cm³/mol. The first-order valence-electron chi connectivity index (χ1n) is 5.60. The van der Waals surface area contributed by atoms with E-state index in [2.05, 4.69) is 26.2 Å². The fourth-order valence-corrected chi connectivity index (χ4v) is 2.90. The first-order chi connectivity index (χ1) is 9.56. The van der Waals surface area contributed by atoms with E-state index in [-0.39, 0.29) is 0 Å². The summed E-state index contributed by atoms with van der Waals surface area (Å²) in [5.41, 5.74) is 0.751. The van der Waals surface area contributed by atoms with Gasteiger partial charge in [0.2, 0.25) is 0 Å². The molecule has 108 valence electrons. The number of rotatable bonds is 6. The lowest BCUT2D eigenvalue weighted by Gasteiger charge is -2.12. The zero-order valence-electron chi connectivity index (χ0n) is 10.1. The van der Waals surface area contributed by atoms with Gasteiger partial charge in [-0.15, -0.1) is 11.3 Å². The summed E-state index contributed by atoms with van der Waals surface area (Å²) >= 11 is 10.5. The van der Waals surface area contributed by atoms with E-state index in [4.69, 9.17) is 16.3 Å². The third-order valence-electron chi connectivity index (χ3n) is 2.31. The quantitative estimate of drug-likeness (QED) is 0.777. The molecular formula is C12H10BrClF2N2OS. The molecule has 0 saturated carbocycles. The lowest BCUT2D eigenvalue weighted by atomic mass is 10.3. The van der Waals surface area contributed by atoms with Gasteiger partial charge >= 0.3 is 0 Å². The van der Waals surface area contributed by atoms with Gasteiger partial charge in [-0.3, -0.25) is 0 Å². The van der Waals surface area contributed by atoms with Crippen LogP contribution in [0, 0.1) is 0 Å². The number of alkyl halides is 2. The molecule has 3 nitrogen and oxygen atoms in total. The summed E-state index contributed by atoms with van der Waals surface area (Å²) < 4.78 is 30.4. The minimum atomic E-state index is -2.50. The van der Waals surface area contributed by atoms with E-state index in [0.717, 1.165) is 10.6 Å². The van der Waals surface area contributed by atoms with Gasteiger partial charge in [0, 0.05) is 11.1 Å². The molecule has 0 spiro atoms. The van der Waals surface area contributed by atoms with Crippen LogP contribution in [0.2, 0.25) is 4.47 Å². The molecule has 2 aromatic rings. The molecule has 0 saturated heterocycles. The number of hydrogen-bond donors (Lipinski definition) is 1. The van der Waals surface area contributed by atoms with E-state index in [9.17, 15) is 8.78 Å². The molecule has 0 aliphatic rings. The molecule has 0 amide bonds. The molecule has 0 fully saturated rings. The Balaban J connectivity index is 2.02. The Hall–Kier alpha value is -0.920. The van der Waals surface area contributed by atoms with Crippen molar-refractivity contribution in [3.05, 3.63) is 38.2 Å². The van der Waals surface area contributed by atoms with Crippen LogP contribution in [0.3, 0.4) is 0 Å². The number of benzene rings is 1. The molecule has 1 aromatic heterocycles. The van der Waals surface area contributed by atoms with Crippen LogP contribution in [0.4, 0.5) is 14.5 Å². The van der Waals surface area contributed by atoms with Gasteiger partial charge in [-0.1, -0.05) is 17.7 Å². The molecule has 0 unspecified atom stereocenters. The maximum absolute atomic E-state index is 12.2. The Labute approximate surface area is 132 Å². The van der Waals surface area contributed by atoms with Gasteiger partial charge in [0.25, 0.3) is 6.43 Å². The van der Waals surface area contributed by atoms with E-state index >= 15 is 0 Å². The summed E-state index contributed by atoms with van der Waals surface area (Å²) in [5, 5.41) is 3.17. The molecule has 8 heteroatoms. The Morgan fingerprint density at radius 1 is 1.45 bits per heavy atom. The normalized spacial score (nSPS) is 10.8. The van der Waals surface area contributed by atoms with Crippen molar-refractivity contribution >= 4 is 44.6 Å². The smallest absolute Gasteiger partial charge is 0.272 e. The van der Waals surface area contributed by atoms with Crippen LogP contribution in [0.1, 0.15) is 4.88 Å². The Morgan fingerprint density at radius 2 is 2.25 bits per heavy atom. The number of aromatic nitrogens is 1. The molecule has 20 heavy (non-hydrogen) atoms. The molecule has 0 bridgehead atoms. The molecule has 0 aliphatic carbocycles. The fourth-order valence-electron chi connectivity index (χ4n) is 1.46. The molecule has 2 rings (SSSR count). The standard InChI is InChI=1S/C12H10BrClF2N2OS/c13-11-8(17-4-7-5-18-12(14)20-7)2-1-3-9(11)19-6-10(15)16/h1-3,5,10,17H,4,6H2. The van der Waals surface area contributed by atoms with Crippen molar-refractivity contribution in [3.63, 3.8) is 0 Å². The lowest BCUT2D eigenvalue weighted by molar-refractivity contribution is 0.0815. The highest BCUT2D eigenvalue weighted by Gasteiger charge is 2.10. The number of halogens is 4. The topological polar surface area (TPSA) is 34.1 Å². The highest BCUT2D eigenvalue weighted by atomic mass is 79.9. The van der Waals surface area contributed by atoms with Gasteiger partial charge in [0.05, 0.1) is 16.7 Å². The summed E-state index contributed by atoms with van der Waals surface area (Å²) in [4.78, 5) is 4.91. The minimum absolute atomic E-state index is 0.373. The highest BCUT2D eigenvalue weighted by molar-refractivity contribution is 9.10. The maximum atomic E-state index is 12.2. The van der Waals surface area contributed by atoms with Crippen molar-refractivity contribution in [1.29, 1.82) is 0 Å². The number of nitrogens with one attached hydrogen (secondary N) is 1. The summed E-state index contributed by atoms with van der Waals surface area (Å²) in [6.07, 6.45) is -0.816. The van der Waals surface area contributed by atoms with Crippen LogP contribution >= 0.6 is 38.9 Å².